The first kappa shape index (κ1) is 21.5. The Balaban J connectivity index is 1.60. The quantitative estimate of drug-likeness (QED) is 0.670. The first-order chi connectivity index (χ1) is 13.5. The van der Waals surface area contributed by atoms with Gasteiger partial charge in [0.2, 0.25) is 11.8 Å². The van der Waals surface area contributed by atoms with Crippen molar-refractivity contribution >= 4 is 52.9 Å². The zero-order valence-corrected chi connectivity index (χ0v) is 18.3. The van der Waals surface area contributed by atoms with Gasteiger partial charge in [-0.1, -0.05) is 29.3 Å². The summed E-state index contributed by atoms with van der Waals surface area (Å²) in [6, 6.07) is 5.24. The molecule has 0 aliphatic carbocycles. The minimum atomic E-state index is -0.0947. The third kappa shape index (κ3) is 5.44. The molecular weight excluding hydrogens is 417 g/mol. The number of thioether (sulfide) groups is 1. The molecule has 0 N–H and O–H groups in total. The van der Waals surface area contributed by atoms with Crippen LogP contribution in [0.3, 0.4) is 0 Å². The second-order valence-corrected chi connectivity index (χ2v) is 8.99. The monoisotopic (exact) mass is 441 g/mol. The summed E-state index contributed by atoms with van der Waals surface area (Å²) in [5.74, 6) is 2.24. The van der Waals surface area contributed by atoms with Crippen molar-refractivity contribution in [1.82, 2.24) is 14.7 Å². The van der Waals surface area contributed by atoms with Crippen LogP contribution in [0.4, 0.5) is 0 Å². The van der Waals surface area contributed by atoms with Gasteiger partial charge in [-0.2, -0.15) is 11.8 Å². The van der Waals surface area contributed by atoms with E-state index in [9.17, 15) is 9.59 Å². The largest absolute Gasteiger partial charge is 0.337 e. The van der Waals surface area contributed by atoms with Gasteiger partial charge in [0, 0.05) is 56.7 Å². The molecule has 1 atom stereocenters. The average Bonchev–Trinajstić information content (AvgIpc) is 2.90. The van der Waals surface area contributed by atoms with E-state index in [4.69, 9.17) is 23.2 Å². The van der Waals surface area contributed by atoms with E-state index in [2.05, 4.69) is 11.8 Å². The highest BCUT2D eigenvalue weighted by Crippen LogP contribution is 2.23. The van der Waals surface area contributed by atoms with Crippen molar-refractivity contribution in [3.63, 3.8) is 0 Å². The molecule has 1 aromatic carbocycles. The molecule has 2 amide bonds. The summed E-state index contributed by atoms with van der Waals surface area (Å²) >= 11 is 13.9. The first-order valence-electron chi connectivity index (χ1n) is 9.49. The zero-order valence-electron chi connectivity index (χ0n) is 15.9. The molecule has 0 spiro atoms. The van der Waals surface area contributed by atoms with E-state index in [0.29, 0.717) is 36.1 Å². The number of nitrogens with zero attached hydrogens (tertiary/aromatic N) is 3. The van der Waals surface area contributed by atoms with Gasteiger partial charge in [-0.3, -0.25) is 14.5 Å². The number of halogens is 2. The summed E-state index contributed by atoms with van der Waals surface area (Å²) in [5, 5.41) is 0.940. The molecule has 0 saturated carbocycles. The maximum Gasteiger partial charge on any atom is 0.246 e. The zero-order chi connectivity index (χ0) is 20.1. The Morgan fingerprint density at radius 3 is 2.57 bits per heavy atom. The van der Waals surface area contributed by atoms with Gasteiger partial charge in [0.1, 0.15) is 0 Å². The van der Waals surface area contributed by atoms with E-state index in [-0.39, 0.29) is 18.0 Å². The Labute approximate surface area is 180 Å². The summed E-state index contributed by atoms with van der Waals surface area (Å²) in [6.45, 7) is 5.66. The van der Waals surface area contributed by atoms with E-state index >= 15 is 0 Å². The lowest BCUT2D eigenvalue weighted by atomic mass is 10.2. The molecule has 2 fully saturated rings. The minimum Gasteiger partial charge on any atom is -0.337 e. The van der Waals surface area contributed by atoms with Crippen molar-refractivity contribution in [2.24, 2.45) is 0 Å². The maximum atomic E-state index is 12.6. The summed E-state index contributed by atoms with van der Waals surface area (Å²) in [4.78, 5) is 31.2. The number of rotatable bonds is 4. The summed E-state index contributed by atoms with van der Waals surface area (Å²) in [7, 11) is 0. The lowest BCUT2D eigenvalue weighted by Gasteiger charge is -2.38. The van der Waals surface area contributed by atoms with Gasteiger partial charge in [0.15, 0.2) is 0 Å². The van der Waals surface area contributed by atoms with Crippen LogP contribution in [-0.2, 0) is 9.59 Å². The summed E-state index contributed by atoms with van der Waals surface area (Å²) in [5.41, 5.74) is 0.812. The fourth-order valence-corrected chi connectivity index (χ4v) is 4.73. The van der Waals surface area contributed by atoms with Crippen molar-refractivity contribution in [2.75, 3.05) is 44.2 Å². The number of carbonyl (C=O) groups excluding carboxylic acids is 2. The van der Waals surface area contributed by atoms with E-state index in [1.54, 1.807) is 23.1 Å². The van der Waals surface area contributed by atoms with E-state index < -0.39 is 0 Å². The van der Waals surface area contributed by atoms with E-state index in [1.807, 2.05) is 22.7 Å². The molecule has 2 aliphatic rings. The number of hydrogen-bond acceptors (Lipinski definition) is 4. The van der Waals surface area contributed by atoms with Gasteiger partial charge in [0.25, 0.3) is 0 Å². The van der Waals surface area contributed by atoms with Crippen LogP contribution >= 0.6 is 35.0 Å². The van der Waals surface area contributed by atoms with Crippen molar-refractivity contribution in [3.05, 3.63) is 39.9 Å². The van der Waals surface area contributed by atoms with Crippen molar-refractivity contribution in [1.29, 1.82) is 0 Å². The Kier molecular flexibility index (Phi) is 7.69. The highest BCUT2D eigenvalue weighted by atomic mass is 35.5. The molecular formula is C20H25Cl2N3O2S. The highest BCUT2D eigenvalue weighted by Gasteiger charge is 2.29. The predicted octanol–water partition coefficient (Wildman–Crippen LogP) is 3.46. The molecule has 0 aromatic heterocycles. The molecule has 2 saturated heterocycles. The van der Waals surface area contributed by atoms with Crippen LogP contribution in [0, 0.1) is 0 Å². The van der Waals surface area contributed by atoms with E-state index in [0.717, 1.165) is 30.2 Å². The summed E-state index contributed by atoms with van der Waals surface area (Å²) in [6.07, 6.45) is 3.70. The van der Waals surface area contributed by atoms with Gasteiger partial charge in [-0.05, 0) is 30.7 Å². The number of benzene rings is 1. The molecule has 5 nitrogen and oxygen atoms in total. The Hall–Kier alpha value is -1.21. The molecule has 2 aliphatic heterocycles. The third-order valence-electron chi connectivity index (χ3n) is 5.23. The lowest BCUT2D eigenvalue weighted by Crippen LogP contribution is -2.52. The lowest BCUT2D eigenvalue weighted by molar-refractivity contribution is -0.136. The Morgan fingerprint density at radius 2 is 1.86 bits per heavy atom. The smallest absolute Gasteiger partial charge is 0.246 e. The Bertz CT molecular complexity index is 753. The van der Waals surface area contributed by atoms with Crippen molar-refractivity contribution in [3.8, 4) is 0 Å². The first-order valence-corrected chi connectivity index (χ1v) is 11.4. The second-order valence-electron chi connectivity index (χ2n) is 6.95. The number of carbonyl (C=O) groups is 2. The van der Waals surface area contributed by atoms with Gasteiger partial charge in [-0.15, -0.1) is 0 Å². The fraction of sp³-hybridized carbons (Fsp3) is 0.500. The number of amides is 2. The van der Waals surface area contributed by atoms with Crippen LogP contribution in [0.15, 0.2) is 24.3 Å². The van der Waals surface area contributed by atoms with Crippen LogP contribution in [0.1, 0.15) is 18.9 Å². The average molecular weight is 442 g/mol. The van der Waals surface area contributed by atoms with Gasteiger partial charge in [-0.25, -0.2) is 0 Å². The molecule has 0 bridgehead atoms. The molecule has 1 aromatic rings. The van der Waals surface area contributed by atoms with Crippen LogP contribution in [-0.4, -0.2) is 76.9 Å². The fourth-order valence-electron chi connectivity index (χ4n) is 3.49. The molecule has 2 heterocycles. The molecule has 152 valence electrons. The third-order valence-corrected chi connectivity index (χ3v) is 6.91. The van der Waals surface area contributed by atoms with Crippen molar-refractivity contribution < 1.29 is 9.59 Å². The predicted molar refractivity (Wildman–Crippen MR) is 117 cm³/mol. The SMILES string of the molecule is CC(N1CCSCC1)N1CCN(C(=O)/C=C/c2ccc(Cl)c(Cl)c2)CCC1=O. The van der Waals surface area contributed by atoms with Crippen molar-refractivity contribution in [2.45, 2.75) is 19.5 Å². The van der Waals surface area contributed by atoms with Crippen LogP contribution in [0.2, 0.25) is 10.0 Å². The molecule has 8 heteroatoms. The normalized spacial score (nSPS) is 20.5. The molecule has 3 rings (SSSR count). The maximum absolute atomic E-state index is 12.6. The molecule has 28 heavy (non-hydrogen) atoms. The van der Waals surface area contributed by atoms with Gasteiger partial charge >= 0.3 is 0 Å². The van der Waals surface area contributed by atoms with Gasteiger partial charge in [0.05, 0.1) is 16.2 Å². The minimum absolute atomic E-state index is 0.0789. The number of hydrogen-bond donors (Lipinski definition) is 0. The second kappa shape index (κ2) is 10.0. The standard InChI is InChI=1S/C20H25Cl2N3O2S/c1-15(23-10-12-28-13-11-23)25-9-8-24(7-6-20(25)27)19(26)5-3-16-2-4-17(21)18(22)14-16/h2-5,14-15H,6-13H2,1H3/b5-3+. The van der Waals surface area contributed by atoms with E-state index in [1.165, 1.54) is 6.08 Å². The molecule has 0 radical (unpaired) electrons. The highest BCUT2D eigenvalue weighted by molar-refractivity contribution is 7.99. The van der Waals surface area contributed by atoms with Crippen LogP contribution in [0.25, 0.3) is 6.08 Å². The summed E-state index contributed by atoms with van der Waals surface area (Å²) < 4.78 is 0. The van der Waals surface area contributed by atoms with Gasteiger partial charge < -0.3 is 9.80 Å². The van der Waals surface area contributed by atoms with Crippen LogP contribution in [0.5, 0.6) is 0 Å². The molecule has 1 unspecified atom stereocenters. The van der Waals surface area contributed by atoms with Crippen LogP contribution < -0.4 is 0 Å². The Morgan fingerprint density at radius 1 is 1.11 bits per heavy atom. The topological polar surface area (TPSA) is 43.9 Å².